The molecule has 1 aromatic heterocycles. The molecule has 9 heteroatoms. The van der Waals surface area contributed by atoms with E-state index in [0.717, 1.165) is 11.4 Å². The van der Waals surface area contributed by atoms with Gasteiger partial charge in [0.05, 0.1) is 31.0 Å². The molecule has 154 valence electrons. The van der Waals surface area contributed by atoms with Crippen molar-refractivity contribution in [1.82, 2.24) is 20.7 Å². The van der Waals surface area contributed by atoms with Gasteiger partial charge in [0.1, 0.15) is 5.82 Å². The fraction of sp³-hybridized carbons (Fsp3) is 0.400. The fourth-order valence-electron chi connectivity index (χ4n) is 3.96. The van der Waals surface area contributed by atoms with Crippen LogP contribution in [-0.2, 0) is 4.79 Å². The lowest BCUT2D eigenvalue weighted by Crippen LogP contribution is -2.60. The molecule has 0 bridgehead atoms. The van der Waals surface area contributed by atoms with Crippen molar-refractivity contribution in [1.29, 1.82) is 0 Å². The quantitative estimate of drug-likeness (QED) is 0.607. The molecule has 29 heavy (non-hydrogen) atoms. The number of para-hydroxylation sites is 1. The number of amides is 1. The van der Waals surface area contributed by atoms with Gasteiger partial charge in [-0.05, 0) is 30.7 Å². The van der Waals surface area contributed by atoms with Gasteiger partial charge in [-0.15, -0.1) is 0 Å². The fourth-order valence-corrected chi connectivity index (χ4v) is 3.96. The van der Waals surface area contributed by atoms with Gasteiger partial charge in [0, 0.05) is 25.7 Å². The van der Waals surface area contributed by atoms with E-state index in [2.05, 4.69) is 26.4 Å². The lowest BCUT2D eigenvalue weighted by atomic mass is 9.88. The lowest BCUT2D eigenvalue weighted by molar-refractivity contribution is -0.131. The molecule has 0 aliphatic carbocycles. The molecule has 0 saturated carbocycles. The van der Waals surface area contributed by atoms with Gasteiger partial charge in [0.25, 0.3) is 0 Å². The number of rotatable bonds is 5. The molecule has 1 amide bonds. The zero-order valence-corrected chi connectivity index (χ0v) is 16.6. The van der Waals surface area contributed by atoms with E-state index in [1.807, 2.05) is 19.1 Å². The van der Waals surface area contributed by atoms with Crippen LogP contribution >= 0.6 is 0 Å². The summed E-state index contributed by atoms with van der Waals surface area (Å²) in [4.78, 5) is 17.1. The van der Waals surface area contributed by atoms with E-state index in [9.17, 15) is 9.18 Å². The second kappa shape index (κ2) is 7.84. The van der Waals surface area contributed by atoms with Crippen LogP contribution in [-0.4, -0.2) is 48.4 Å². The summed E-state index contributed by atoms with van der Waals surface area (Å²) in [6.07, 6.45) is 1.97. The Morgan fingerprint density at radius 3 is 2.83 bits per heavy atom. The highest BCUT2D eigenvalue weighted by Gasteiger charge is 2.48. The Labute approximate surface area is 168 Å². The van der Waals surface area contributed by atoms with Crippen LogP contribution in [0.5, 0.6) is 5.75 Å². The third kappa shape index (κ3) is 3.83. The van der Waals surface area contributed by atoms with E-state index in [4.69, 9.17) is 4.74 Å². The van der Waals surface area contributed by atoms with Crippen molar-refractivity contribution < 1.29 is 13.9 Å². The number of carbonyl (C=O) groups excluding carboxylic acids is 1. The minimum absolute atomic E-state index is 0.0257. The first-order valence-electron chi connectivity index (χ1n) is 9.54. The van der Waals surface area contributed by atoms with Crippen molar-refractivity contribution in [2.45, 2.75) is 31.7 Å². The molecule has 1 aromatic carbocycles. The topological polar surface area (TPSA) is 90.5 Å². The zero-order valence-electron chi connectivity index (χ0n) is 16.6. The maximum absolute atomic E-state index is 14.1. The summed E-state index contributed by atoms with van der Waals surface area (Å²) >= 11 is 0. The number of nitrogens with zero attached hydrogens (tertiary/aromatic N) is 2. The van der Waals surface area contributed by atoms with E-state index in [1.165, 1.54) is 18.2 Å². The summed E-state index contributed by atoms with van der Waals surface area (Å²) in [6.45, 7) is 1.98. The summed E-state index contributed by atoms with van der Waals surface area (Å²) < 4.78 is 19.3. The van der Waals surface area contributed by atoms with Crippen LogP contribution in [0.3, 0.4) is 0 Å². The number of methoxy groups -OCH3 is 1. The molecule has 8 nitrogen and oxygen atoms in total. The molecule has 2 aromatic rings. The maximum Gasteiger partial charge on any atom is 0.244 e. The molecular weight excluding hydrogens is 375 g/mol. The predicted molar refractivity (Wildman–Crippen MR) is 108 cm³/mol. The zero-order chi connectivity index (χ0) is 20.5. The third-order valence-corrected chi connectivity index (χ3v) is 5.36. The highest BCUT2D eigenvalue weighted by Crippen LogP contribution is 2.33. The minimum Gasteiger partial charge on any atom is -0.492 e. The van der Waals surface area contributed by atoms with Crippen LogP contribution < -0.4 is 26.1 Å². The summed E-state index contributed by atoms with van der Waals surface area (Å²) in [7, 11) is 3.13. The van der Waals surface area contributed by atoms with Gasteiger partial charge >= 0.3 is 0 Å². The normalized spacial score (nSPS) is 26.2. The Balaban J connectivity index is 1.58. The van der Waals surface area contributed by atoms with E-state index in [1.54, 1.807) is 25.4 Å². The number of piperidine rings is 1. The van der Waals surface area contributed by atoms with Gasteiger partial charge in [-0.25, -0.2) is 14.8 Å². The number of hydrogen-bond acceptors (Lipinski definition) is 7. The SMILES string of the molecule is COc1c(F)cccc1NC1CC(Nc2ccc(C)cn2)NC2NN(C)C(=O)C12. The predicted octanol–water partition coefficient (Wildman–Crippen LogP) is 1.67. The smallest absolute Gasteiger partial charge is 0.244 e. The monoisotopic (exact) mass is 400 g/mol. The summed E-state index contributed by atoms with van der Waals surface area (Å²) in [5, 5.41) is 11.6. The number of aryl methyl sites for hydroxylation is 1. The summed E-state index contributed by atoms with van der Waals surface area (Å²) in [6, 6.07) is 8.37. The number of anilines is 2. The molecule has 0 radical (unpaired) electrons. The first kappa shape index (κ1) is 19.4. The number of benzene rings is 1. The number of hydrazine groups is 1. The standard InChI is InChI=1S/C20H25FN6O2/c1-11-7-8-15(22-10-11)24-16-9-14(17-19(25-16)26-27(2)20(17)28)23-13-6-4-5-12(21)18(13)29-3/h4-8,10,14,16-17,19,23,25-26H,9H2,1-3H3,(H,22,24). The largest absolute Gasteiger partial charge is 0.492 e. The molecule has 0 spiro atoms. The Morgan fingerprint density at radius 1 is 1.28 bits per heavy atom. The molecule has 2 aliphatic rings. The summed E-state index contributed by atoms with van der Waals surface area (Å²) in [5.74, 6) is 0.0548. The van der Waals surface area contributed by atoms with E-state index < -0.39 is 5.82 Å². The van der Waals surface area contributed by atoms with Gasteiger partial charge in [0.2, 0.25) is 5.91 Å². The Bertz CT molecular complexity index is 893. The average molecular weight is 400 g/mol. The van der Waals surface area contributed by atoms with Gasteiger partial charge < -0.3 is 15.4 Å². The van der Waals surface area contributed by atoms with E-state index >= 15 is 0 Å². The minimum atomic E-state index is -0.450. The second-order valence-corrected chi connectivity index (χ2v) is 7.42. The number of aromatic nitrogens is 1. The van der Waals surface area contributed by atoms with Crippen molar-refractivity contribution in [3.05, 3.63) is 47.9 Å². The van der Waals surface area contributed by atoms with Crippen molar-refractivity contribution >= 4 is 17.4 Å². The number of hydrogen-bond donors (Lipinski definition) is 4. The third-order valence-electron chi connectivity index (χ3n) is 5.36. The first-order chi connectivity index (χ1) is 14.0. The molecule has 4 N–H and O–H groups in total. The van der Waals surface area contributed by atoms with Gasteiger partial charge in [-0.2, -0.15) is 0 Å². The van der Waals surface area contributed by atoms with Crippen LogP contribution in [0.4, 0.5) is 15.9 Å². The van der Waals surface area contributed by atoms with Gasteiger partial charge in [0.15, 0.2) is 11.6 Å². The molecule has 4 unspecified atom stereocenters. The molecule has 2 aliphatic heterocycles. The van der Waals surface area contributed by atoms with Crippen molar-refractivity contribution in [3.8, 4) is 5.75 Å². The van der Waals surface area contributed by atoms with E-state index in [0.29, 0.717) is 12.1 Å². The summed E-state index contributed by atoms with van der Waals surface area (Å²) in [5.41, 5.74) is 4.75. The van der Waals surface area contributed by atoms with Gasteiger partial charge in [-0.3, -0.25) is 15.1 Å². The highest BCUT2D eigenvalue weighted by molar-refractivity contribution is 5.82. The number of fused-ring (bicyclic) bond motifs is 1. The Hall–Kier alpha value is -2.91. The van der Waals surface area contributed by atoms with Gasteiger partial charge in [-0.1, -0.05) is 12.1 Å². The lowest BCUT2D eigenvalue weighted by Gasteiger charge is -2.39. The maximum atomic E-state index is 14.1. The van der Waals surface area contributed by atoms with Crippen molar-refractivity contribution in [2.75, 3.05) is 24.8 Å². The van der Waals surface area contributed by atoms with E-state index in [-0.39, 0.29) is 35.9 Å². The van der Waals surface area contributed by atoms with Crippen LogP contribution in [0.15, 0.2) is 36.5 Å². The van der Waals surface area contributed by atoms with Crippen molar-refractivity contribution in [3.63, 3.8) is 0 Å². The van der Waals surface area contributed by atoms with Crippen LogP contribution in [0.2, 0.25) is 0 Å². The number of carbonyl (C=O) groups is 1. The van der Waals surface area contributed by atoms with Crippen LogP contribution in [0, 0.1) is 18.7 Å². The first-order valence-corrected chi connectivity index (χ1v) is 9.54. The number of nitrogens with one attached hydrogen (secondary N) is 4. The molecular formula is C20H25FN6O2. The second-order valence-electron chi connectivity index (χ2n) is 7.42. The highest BCUT2D eigenvalue weighted by atomic mass is 19.1. The number of halogens is 1. The Kier molecular flexibility index (Phi) is 5.25. The molecule has 4 rings (SSSR count). The molecule has 2 fully saturated rings. The number of pyridine rings is 1. The molecule has 3 heterocycles. The van der Waals surface area contributed by atoms with Crippen molar-refractivity contribution in [2.24, 2.45) is 5.92 Å². The Morgan fingerprint density at radius 2 is 2.10 bits per heavy atom. The average Bonchev–Trinajstić information content (AvgIpc) is 2.98. The number of ether oxygens (including phenoxy) is 1. The molecule has 2 saturated heterocycles. The molecule has 4 atom stereocenters. The van der Waals surface area contributed by atoms with Crippen LogP contribution in [0.25, 0.3) is 0 Å². The van der Waals surface area contributed by atoms with Crippen LogP contribution in [0.1, 0.15) is 12.0 Å².